The molecule has 0 radical (unpaired) electrons. The Morgan fingerprint density at radius 2 is 1.29 bits per heavy atom. The molecule has 0 saturated carbocycles. The Morgan fingerprint density at radius 1 is 0.829 bits per heavy atom. The normalized spacial score (nSPS) is 21.8. The van der Waals surface area contributed by atoms with E-state index in [0.717, 1.165) is 26.2 Å². The maximum absolute atomic E-state index is 3.73. The second-order valence-electron chi connectivity index (χ2n) is 16.5. The van der Waals surface area contributed by atoms with Gasteiger partial charge < -0.3 is 10.6 Å². The summed E-state index contributed by atoms with van der Waals surface area (Å²) in [6, 6.07) is 12.7. The Bertz CT molecular complexity index is 998. The molecule has 0 aliphatic carbocycles. The molecule has 2 heterocycles. The minimum absolute atomic E-state index is 0. The van der Waals surface area contributed by atoms with Gasteiger partial charge in [-0.2, -0.15) is 34.9 Å². The molecule has 0 aromatic heterocycles. The average Bonchev–Trinajstić information content (AvgIpc) is 3.62. The van der Waals surface area contributed by atoms with Gasteiger partial charge in [-0.15, -0.1) is 14.8 Å². The smallest absolute Gasteiger partial charge is 0.316 e. The van der Waals surface area contributed by atoms with Crippen molar-refractivity contribution in [2.24, 2.45) is 11.8 Å². The zero-order chi connectivity index (χ0) is 30.1. The second kappa shape index (κ2) is 14.0. The molecule has 2 N–H and O–H groups in total. The second-order valence-corrected chi connectivity index (χ2v) is 21.3. The molecular weight excluding hydrogens is 578 g/mol. The van der Waals surface area contributed by atoms with Crippen LogP contribution in [0.4, 0.5) is 0 Å². The molecule has 2 aliphatic rings. The van der Waals surface area contributed by atoms with E-state index in [1.807, 2.05) is 30.3 Å². The SMILES string of the molecule is CC(C)(C)c1cc(C(P)(C2CCNC2)C2CCNC2)c(CP(C(C)(C)C)C(C)(C)C)[c-]1C(C)(C)C.[Fe+2].c1cc[cH-]c1. The zero-order valence-electron chi connectivity index (χ0n) is 28.4. The van der Waals surface area contributed by atoms with Crippen LogP contribution in [-0.2, 0) is 39.2 Å². The number of rotatable bonds is 5. The summed E-state index contributed by atoms with van der Waals surface area (Å²) in [4.78, 5) is 0. The molecule has 3 unspecified atom stereocenters. The Hall–Kier alpha value is -0.000519. The quantitative estimate of drug-likeness (QED) is 0.193. The summed E-state index contributed by atoms with van der Waals surface area (Å²) in [5, 5.41) is 8.22. The molecule has 4 rings (SSSR count). The molecular formula is C36H62FeN2P2. The first-order chi connectivity index (χ1) is 18.3. The fourth-order valence-corrected chi connectivity index (χ4v) is 11.9. The molecule has 2 aromatic rings. The van der Waals surface area contributed by atoms with Crippen molar-refractivity contribution in [3.63, 3.8) is 0 Å². The molecule has 0 bridgehead atoms. The monoisotopic (exact) mass is 640 g/mol. The summed E-state index contributed by atoms with van der Waals surface area (Å²) in [5.74, 6) is 1.35. The third kappa shape index (κ3) is 8.80. The largest absolute Gasteiger partial charge is 2.00 e. The van der Waals surface area contributed by atoms with E-state index in [4.69, 9.17) is 0 Å². The van der Waals surface area contributed by atoms with Crippen molar-refractivity contribution < 1.29 is 17.1 Å². The van der Waals surface area contributed by atoms with Gasteiger partial charge in [0.05, 0.1) is 0 Å². The van der Waals surface area contributed by atoms with Gasteiger partial charge in [-0.3, -0.25) is 0 Å². The fraction of sp³-hybridized carbons (Fsp3) is 0.722. The van der Waals surface area contributed by atoms with E-state index in [0.29, 0.717) is 22.1 Å². The molecule has 2 aliphatic heterocycles. The summed E-state index contributed by atoms with van der Waals surface area (Å²) < 4.78 is 0. The Morgan fingerprint density at radius 3 is 1.59 bits per heavy atom. The third-order valence-corrected chi connectivity index (χ3v) is 14.3. The average molecular weight is 641 g/mol. The zero-order valence-corrected chi connectivity index (χ0v) is 31.6. The number of nitrogens with one attached hydrogen (secondary N) is 2. The van der Waals surface area contributed by atoms with Gasteiger partial charge in [0, 0.05) is 0 Å². The third-order valence-electron chi connectivity index (χ3n) is 9.17. The maximum Gasteiger partial charge on any atom is 2.00 e. The first kappa shape index (κ1) is 37.2. The predicted octanol–water partition coefficient (Wildman–Crippen LogP) is 9.27. The van der Waals surface area contributed by atoms with Crippen molar-refractivity contribution in [3.05, 3.63) is 58.7 Å². The standard InChI is InChI=1S/C31H57N2P2.C5H5.Fe/c1-27(2,3)25-17-24(31(34,21-13-15-32-18-21)22-14-16-33-19-22)23(26(25)28(4,5)6)20-35(29(7,8)9)30(10,11)12;1-2-4-5-3-1;/h17,21-22,32-33H,13-16,18-20,34H2,1-12H3;1-5H;/q2*-1;+2. The molecule has 2 saturated heterocycles. The molecule has 0 spiro atoms. The van der Waals surface area contributed by atoms with Crippen molar-refractivity contribution in [3.8, 4) is 0 Å². The fourth-order valence-electron chi connectivity index (χ4n) is 7.46. The van der Waals surface area contributed by atoms with E-state index < -0.39 is 0 Å². The van der Waals surface area contributed by atoms with Gasteiger partial charge in [-0.1, -0.05) is 96.4 Å². The van der Waals surface area contributed by atoms with E-state index in [9.17, 15) is 0 Å². The number of hydrogen-bond donors (Lipinski definition) is 2. The van der Waals surface area contributed by atoms with Crippen LogP contribution in [0.1, 0.15) is 118 Å². The molecule has 234 valence electrons. The minimum Gasteiger partial charge on any atom is -0.316 e. The van der Waals surface area contributed by atoms with E-state index in [-0.39, 0.29) is 41.0 Å². The van der Waals surface area contributed by atoms with Crippen LogP contribution in [0.25, 0.3) is 0 Å². The summed E-state index contributed by atoms with van der Waals surface area (Å²) in [6.07, 6.45) is 3.80. The molecule has 2 fully saturated rings. The Kier molecular flexibility index (Phi) is 12.7. The summed E-state index contributed by atoms with van der Waals surface area (Å²) in [5.41, 5.74) is 6.91. The van der Waals surface area contributed by atoms with Crippen LogP contribution in [0, 0.1) is 11.8 Å². The van der Waals surface area contributed by atoms with Gasteiger partial charge in [0.15, 0.2) is 0 Å². The summed E-state index contributed by atoms with van der Waals surface area (Å²) >= 11 is 0. The summed E-state index contributed by atoms with van der Waals surface area (Å²) in [7, 11) is 3.29. The van der Waals surface area contributed by atoms with E-state index >= 15 is 0 Å². The van der Waals surface area contributed by atoms with Crippen LogP contribution in [0.5, 0.6) is 0 Å². The van der Waals surface area contributed by atoms with Crippen LogP contribution < -0.4 is 10.6 Å². The van der Waals surface area contributed by atoms with Crippen molar-refractivity contribution in [2.45, 2.75) is 128 Å². The molecule has 5 heteroatoms. The first-order valence-corrected chi connectivity index (χ1v) is 17.9. The van der Waals surface area contributed by atoms with Crippen molar-refractivity contribution in [1.82, 2.24) is 10.6 Å². The van der Waals surface area contributed by atoms with E-state index in [1.54, 1.807) is 22.3 Å². The maximum atomic E-state index is 3.73. The van der Waals surface area contributed by atoms with Crippen molar-refractivity contribution in [1.29, 1.82) is 0 Å². The van der Waals surface area contributed by atoms with Gasteiger partial charge in [0.1, 0.15) is 0 Å². The van der Waals surface area contributed by atoms with Crippen LogP contribution in [0.3, 0.4) is 0 Å². The molecule has 0 amide bonds. The van der Waals surface area contributed by atoms with Crippen LogP contribution in [0.15, 0.2) is 36.4 Å². The van der Waals surface area contributed by atoms with Gasteiger partial charge in [-0.05, 0) is 77.9 Å². The molecule has 2 aromatic carbocycles. The Balaban J connectivity index is 0.000000883. The Labute approximate surface area is 268 Å². The molecule has 2 nitrogen and oxygen atoms in total. The van der Waals surface area contributed by atoms with Crippen LogP contribution in [-0.4, -0.2) is 36.5 Å². The van der Waals surface area contributed by atoms with E-state index in [2.05, 4.69) is 109 Å². The van der Waals surface area contributed by atoms with Crippen LogP contribution in [0.2, 0.25) is 0 Å². The van der Waals surface area contributed by atoms with Crippen molar-refractivity contribution in [2.75, 3.05) is 26.2 Å². The topological polar surface area (TPSA) is 24.1 Å². The predicted molar refractivity (Wildman–Crippen MR) is 185 cm³/mol. The van der Waals surface area contributed by atoms with Crippen molar-refractivity contribution >= 4 is 17.2 Å². The molecule has 41 heavy (non-hydrogen) atoms. The van der Waals surface area contributed by atoms with E-state index in [1.165, 1.54) is 19.0 Å². The van der Waals surface area contributed by atoms with Gasteiger partial charge in [0.2, 0.25) is 0 Å². The van der Waals surface area contributed by atoms with Gasteiger partial charge >= 0.3 is 17.1 Å². The van der Waals surface area contributed by atoms with Gasteiger partial charge in [0.25, 0.3) is 0 Å². The first-order valence-electron chi connectivity index (χ1n) is 15.8. The number of hydrogen-bond acceptors (Lipinski definition) is 2. The molecule has 3 atom stereocenters. The minimum atomic E-state index is -0.233. The van der Waals surface area contributed by atoms with Crippen LogP contribution >= 0.6 is 17.2 Å². The summed E-state index contributed by atoms with van der Waals surface area (Å²) in [6.45, 7) is 34.2. The van der Waals surface area contributed by atoms with Gasteiger partial charge in [-0.25, -0.2) is 18.2 Å².